The molecule has 1 heteroatoms. The van der Waals surface area contributed by atoms with Gasteiger partial charge in [-0.1, -0.05) is 36.4 Å². The van der Waals surface area contributed by atoms with Crippen LogP contribution in [0.1, 0.15) is 17.5 Å². The lowest BCUT2D eigenvalue weighted by Gasteiger charge is -2.10. The minimum absolute atomic E-state index is 1.25. The molecule has 0 nitrogen and oxygen atoms in total. The molecule has 80 valence electrons. The van der Waals surface area contributed by atoms with Crippen LogP contribution in [0.15, 0.2) is 42.5 Å². The van der Waals surface area contributed by atoms with Gasteiger partial charge in [0.1, 0.15) is 0 Å². The van der Waals surface area contributed by atoms with Gasteiger partial charge in [-0.2, -0.15) is 0 Å². The molecule has 0 N–H and O–H groups in total. The molecule has 0 spiro atoms. The molecule has 2 aromatic carbocycles. The predicted molar refractivity (Wildman–Crippen MR) is 76.6 cm³/mol. The third kappa shape index (κ3) is 1.67. The molecule has 0 bridgehead atoms. The van der Waals surface area contributed by atoms with E-state index in [-0.39, 0.29) is 0 Å². The summed E-state index contributed by atoms with van der Waals surface area (Å²) in [6.45, 7) is 0. The first kappa shape index (κ1) is 10.3. The Morgan fingerprint density at radius 2 is 1.56 bits per heavy atom. The lowest BCUT2D eigenvalue weighted by molar-refractivity contribution is 0.911. The van der Waals surface area contributed by atoms with Crippen molar-refractivity contribution in [2.24, 2.45) is 0 Å². The van der Waals surface area contributed by atoms with Crippen LogP contribution in [0.2, 0.25) is 0 Å². The number of hydrogen-bond acceptors (Lipinski definition) is 0. The van der Waals surface area contributed by atoms with Gasteiger partial charge in [-0.05, 0) is 70.2 Å². The summed E-state index contributed by atoms with van der Waals surface area (Å²) < 4.78 is 1.43. The van der Waals surface area contributed by atoms with Gasteiger partial charge in [0.2, 0.25) is 0 Å². The largest absolute Gasteiger partial charge is 0.0622 e. The molecule has 16 heavy (non-hydrogen) atoms. The first-order valence-corrected chi connectivity index (χ1v) is 6.80. The minimum Gasteiger partial charge on any atom is -0.0622 e. The Bertz CT molecular complexity index is 514. The minimum atomic E-state index is 1.25. The molecule has 0 amide bonds. The van der Waals surface area contributed by atoms with Gasteiger partial charge in [0.05, 0.1) is 0 Å². The van der Waals surface area contributed by atoms with E-state index in [2.05, 4.69) is 65.1 Å². The topological polar surface area (TPSA) is 0 Å². The maximum atomic E-state index is 2.46. The van der Waals surface area contributed by atoms with Gasteiger partial charge in [0.25, 0.3) is 0 Å². The second kappa shape index (κ2) is 4.21. The average Bonchev–Trinajstić information content (AvgIpc) is 2.81. The molecule has 0 saturated carbocycles. The summed E-state index contributed by atoms with van der Waals surface area (Å²) in [5.74, 6) is 0. The summed E-state index contributed by atoms with van der Waals surface area (Å²) in [4.78, 5) is 0. The van der Waals surface area contributed by atoms with Crippen molar-refractivity contribution in [3.8, 4) is 11.1 Å². The number of rotatable bonds is 1. The molecule has 1 aliphatic carbocycles. The van der Waals surface area contributed by atoms with Crippen LogP contribution in [0.5, 0.6) is 0 Å². The normalized spacial score (nSPS) is 13.8. The van der Waals surface area contributed by atoms with Gasteiger partial charge in [0, 0.05) is 3.57 Å². The zero-order chi connectivity index (χ0) is 11.0. The van der Waals surface area contributed by atoms with Crippen molar-refractivity contribution in [1.82, 2.24) is 0 Å². The zero-order valence-electron chi connectivity index (χ0n) is 9.04. The van der Waals surface area contributed by atoms with Crippen LogP contribution in [-0.2, 0) is 12.8 Å². The molecule has 1 aliphatic rings. The first-order chi connectivity index (χ1) is 7.86. The van der Waals surface area contributed by atoms with E-state index >= 15 is 0 Å². The summed E-state index contributed by atoms with van der Waals surface area (Å²) in [6, 6.07) is 15.3. The number of halogens is 1. The average molecular weight is 320 g/mol. The smallest absolute Gasteiger partial charge is 0.0165 e. The molecule has 0 heterocycles. The van der Waals surface area contributed by atoms with Crippen molar-refractivity contribution < 1.29 is 0 Å². The summed E-state index contributed by atoms with van der Waals surface area (Å²) in [6.07, 6.45) is 3.82. The van der Waals surface area contributed by atoms with Crippen LogP contribution in [0, 0.1) is 3.57 Å². The monoisotopic (exact) mass is 320 g/mol. The van der Waals surface area contributed by atoms with Crippen LogP contribution in [0.3, 0.4) is 0 Å². The van der Waals surface area contributed by atoms with E-state index in [4.69, 9.17) is 0 Å². The van der Waals surface area contributed by atoms with Gasteiger partial charge in [-0.25, -0.2) is 0 Å². The summed E-state index contributed by atoms with van der Waals surface area (Å²) in [5.41, 5.74) is 5.96. The van der Waals surface area contributed by atoms with Crippen molar-refractivity contribution in [3.05, 3.63) is 57.2 Å². The van der Waals surface area contributed by atoms with Crippen LogP contribution >= 0.6 is 22.6 Å². The van der Waals surface area contributed by atoms with Gasteiger partial charge >= 0.3 is 0 Å². The van der Waals surface area contributed by atoms with Crippen LogP contribution in [0.25, 0.3) is 11.1 Å². The number of fused-ring (bicyclic) bond motifs is 1. The highest BCUT2D eigenvalue weighted by Crippen LogP contribution is 2.34. The maximum Gasteiger partial charge on any atom is 0.0165 e. The van der Waals surface area contributed by atoms with Crippen LogP contribution < -0.4 is 0 Å². The molecule has 3 rings (SSSR count). The SMILES string of the molecule is Ic1ccc(-c2ccccc2)c2c1CCC2. The van der Waals surface area contributed by atoms with Crippen LogP contribution in [-0.4, -0.2) is 0 Å². The lowest BCUT2D eigenvalue weighted by atomic mass is 9.97. The Morgan fingerprint density at radius 3 is 2.38 bits per heavy atom. The van der Waals surface area contributed by atoms with E-state index in [0.29, 0.717) is 0 Å². The highest BCUT2D eigenvalue weighted by atomic mass is 127. The third-order valence-corrected chi connectivity index (χ3v) is 4.32. The van der Waals surface area contributed by atoms with Crippen molar-refractivity contribution in [1.29, 1.82) is 0 Å². The highest BCUT2D eigenvalue weighted by molar-refractivity contribution is 14.1. The third-order valence-electron chi connectivity index (χ3n) is 3.31. The first-order valence-electron chi connectivity index (χ1n) is 5.72. The van der Waals surface area contributed by atoms with Gasteiger partial charge in [-0.15, -0.1) is 0 Å². The van der Waals surface area contributed by atoms with Gasteiger partial charge in [0.15, 0.2) is 0 Å². The molecular formula is C15H13I. The number of hydrogen-bond donors (Lipinski definition) is 0. The molecule has 0 atom stereocenters. The van der Waals surface area contributed by atoms with E-state index in [1.807, 2.05) is 0 Å². The zero-order valence-corrected chi connectivity index (χ0v) is 11.2. The highest BCUT2D eigenvalue weighted by Gasteiger charge is 2.17. The second-order valence-electron chi connectivity index (χ2n) is 4.27. The van der Waals surface area contributed by atoms with Crippen molar-refractivity contribution >= 4 is 22.6 Å². The quantitative estimate of drug-likeness (QED) is 0.681. The summed E-state index contributed by atoms with van der Waals surface area (Å²) in [5, 5.41) is 0. The molecule has 0 unspecified atom stereocenters. The fourth-order valence-corrected chi connectivity index (χ4v) is 3.33. The molecule has 0 radical (unpaired) electrons. The molecule has 0 saturated heterocycles. The molecule has 0 aliphatic heterocycles. The molecular weight excluding hydrogens is 307 g/mol. The van der Waals surface area contributed by atoms with Gasteiger partial charge < -0.3 is 0 Å². The lowest BCUT2D eigenvalue weighted by Crippen LogP contribution is -1.91. The standard InChI is InChI=1S/C15H13I/c16-15-10-9-12(11-5-2-1-3-6-11)13-7-4-8-14(13)15/h1-3,5-6,9-10H,4,7-8H2. The van der Waals surface area contributed by atoms with Crippen molar-refractivity contribution in [2.75, 3.05) is 0 Å². The Balaban J connectivity index is 2.20. The number of benzene rings is 2. The van der Waals surface area contributed by atoms with E-state index in [9.17, 15) is 0 Å². The van der Waals surface area contributed by atoms with E-state index in [0.717, 1.165) is 0 Å². The van der Waals surface area contributed by atoms with Crippen molar-refractivity contribution in [2.45, 2.75) is 19.3 Å². The Morgan fingerprint density at radius 1 is 0.812 bits per heavy atom. The fraction of sp³-hybridized carbons (Fsp3) is 0.200. The summed E-state index contributed by atoms with van der Waals surface area (Å²) >= 11 is 2.46. The van der Waals surface area contributed by atoms with E-state index < -0.39 is 0 Å². The Hall–Kier alpha value is -0.830. The fourth-order valence-electron chi connectivity index (χ4n) is 2.55. The van der Waals surface area contributed by atoms with E-state index in [1.165, 1.54) is 34.0 Å². The second-order valence-corrected chi connectivity index (χ2v) is 5.43. The molecule has 0 aromatic heterocycles. The van der Waals surface area contributed by atoms with Crippen LogP contribution in [0.4, 0.5) is 0 Å². The Labute approximate surface area is 110 Å². The molecule has 0 fully saturated rings. The summed E-state index contributed by atoms with van der Waals surface area (Å²) in [7, 11) is 0. The predicted octanol–water partition coefficient (Wildman–Crippen LogP) is 4.45. The Kier molecular flexibility index (Phi) is 2.72. The van der Waals surface area contributed by atoms with Gasteiger partial charge in [-0.3, -0.25) is 0 Å². The maximum absolute atomic E-state index is 2.46. The molecule has 2 aromatic rings. The van der Waals surface area contributed by atoms with E-state index in [1.54, 1.807) is 11.1 Å². The van der Waals surface area contributed by atoms with Crippen molar-refractivity contribution in [3.63, 3.8) is 0 Å².